The Balaban J connectivity index is 1.58. The van der Waals surface area contributed by atoms with Crippen molar-refractivity contribution in [1.29, 1.82) is 0 Å². The zero-order chi connectivity index (χ0) is 23.1. The topological polar surface area (TPSA) is 66.8 Å². The van der Waals surface area contributed by atoms with E-state index < -0.39 is 6.10 Å². The second-order valence-electron chi connectivity index (χ2n) is 9.04. The molecule has 6 heteroatoms. The van der Waals surface area contributed by atoms with Crippen LogP contribution in [0.2, 0.25) is 0 Å². The highest BCUT2D eigenvalue weighted by Gasteiger charge is 2.32. The van der Waals surface area contributed by atoms with Crippen LogP contribution in [0.15, 0.2) is 42.5 Å². The third-order valence-corrected chi connectivity index (χ3v) is 7.02. The number of benzene rings is 1. The second-order valence-corrected chi connectivity index (χ2v) is 10.2. The predicted octanol–water partition coefficient (Wildman–Crippen LogP) is 5.01. The summed E-state index contributed by atoms with van der Waals surface area (Å²) in [5.74, 6) is -0.0921. The van der Waals surface area contributed by atoms with Crippen LogP contribution in [0.4, 0.5) is 0 Å². The number of likely N-dealkylation sites (tertiary alicyclic amines) is 1. The van der Waals surface area contributed by atoms with Crippen LogP contribution in [-0.2, 0) is 22.4 Å². The lowest BCUT2D eigenvalue weighted by atomic mass is 9.92. The molecule has 3 rings (SSSR count). The van der Waals surface area contributed by atoms with E-state index in [4.69, 9.17) is 4.74 Å². The minimum Gasteiger partial charge on any atom is -0.459 e. The number of rotatable bonds is 10. The molecule has 0 spiro atoms. The van der Waals surface area contributed by atoms with Crippen molar-refractivity contribution in [3.05, 3.63) is 57.8 Å². The number of amides is 1. The van der Waals surface area contributed by atoms with Crippen molar-refractivity contribution in [2.24, 2.45) is 0 Å². The quantitative estimate of drug-likeness (QED) is 0.509. The van der Waals surface area contributed by atoms with Gasteiger partial charge in [-0.1, -0.05) is 30.3 Å². The molecule has 32 heavy (non-hydrogen) atoms. The molecule has 174 valence electrons. The van der Waals surface area contributed by atoms with Gasteiger partial charge in [0.2, 0.25) is 5.91 Å². The Hall–Kier alpha value is -2.18. The first kappa shape index (κ1) is 24.5. The monoisotopic (exact) mass is 457 g/mol. The zero-order valence-corrected chi connectivity index (χ0v) is 20.1. The van der Waals surface area contributed by atoms with Crippen LogP contribution in [0.25, 0.3) is 0 Å². The smallest absolute Gasteiger partial charge is 0.348 e. The van der Waals surface area contributed by atoms with Crippen molar-refractivity contribution in [3.63, 3.8) is 0 Å². The molecule has 2 heterocycles. The number of nitrogens with zero attached hydrogens (tertiary/aromatic N) is 1. The van der Waals surface area contributed by atoms with Crippen molar-refractivity contribution in [1.82, 2.24) is 4.90 Å². The maximum absolute atomic E-state index is 12.8. The summed E-state index contributed by atoms with van der Waals surface area (Å²) >= 11 is 1.44. The van der Waals surface area contributed by atoms with Gasteiger partial charge in [-0.3, -0.25) is 4.79 Å². The highest BCUT2D eigenvalue weighted by molar-refractivity contribution is 7.13. The number of esters is 1. The number of piperidine rings is 1. The van der Waals surface area contributed by atoms with Gasteiger partial charge in [0.15, 0.2) is 0 Å². The molecule has 1 N–H and O–H groups in total. The van der Waals surface area contributed by atoms with Gasteiger partial charge in [0, 0.05) is 29.8 Å². The Morgan fingerprint density at radius 1 is 1.16 bits per heavy atom. The van der Waals surface area contributed by atoms with Crippen LogP contribution in [0.5, 0.6) is 0 Å². The number of hydrogen-bond acceptors (Lipinski definition) is 5. The van der Waals surface area contributed by atoms with E-state index in [2.05, 4.69) is 6.92 Å². The van der Waals surface area contributed by atoms with E-state index in [1.165, 1.54) is 11.3 Å². The molecule has 0 saturated carbocycles. The molecule has 0 radical (unpaired) electrons. The Morgan fingerprint density at radius 2 is 1.91 bits per heavy atom. The van der Waals surface area contributed by atoms with Crippen molar-refractivity contribution < 1.29 is 19.4 Å². The highest BCUT2D eigenvalue weighted by atomic mass is 32.1. The van der Waals surface area contributed by atoms with Crippen LogP contribution in [0, 0.1) is 0 Å². The molecule has 1 aliphatic rings. The molecular weight excluding hydrogens is 422 g/mol. The van der Waals surface area contributed by atoms with Crippen LogP contribution in [-0.4, -0.2) is 46.2 Å². The van der Waals surface area contributed by atoms with Gasteiger partial charge in [-0.25, -0.2) is 4.79 Å². The molecule has 1 unspecified atom stereocenters. The van der Waals surface area contributed by atoms with Gasteiger partial charge >= 0.3 is 5.97 Å². The molecule has 1 saturated heterocycles. The molecule has 1 aliphatic heterocycles. The summed E-state index contributed by atoms with van der Waals surface area (Å²) in [7, 11) is 0. The van der Waals surface area contributed by atoms with Crippen LogP contribution in [0.1, 0.15) is 73.0 Å². The van der Waals surface area contributed by atoms with Gasteiger partial charge < -0.3 is 14.7 Å². The summed E-state index contributed by atoms with van der Waals surface area (Å²) in [4.78, 5) is 28.7. The normalized spacial score (nSPS) is 18.6. The summed E-state index contributed by atoms with van der Waals surface area (Å²) in [6.45, 7) is 5.77. The van der Waals surface area contributed by atoms with E-state index in [1.54, 1.807) is 0 Å². The van der Waals surface area contributed by atoms with Crippen molar-refractivity contribution in [2.45, 2.75) is 90.0 Å². The fourth-order valence-corrected chi connectivity index (χ4v) is 5.49. The summed E-state index contributed by atoms with van der Waals surface area (Å²) in [6, 6.07) is 14.0. The number of thiophene rings is 1. The number of carbonyl (C=O) groups excluding carboxylic acids is 2. The van der Waals surface area contributed by atoms with Gasteiger partial charge in [-0.2, -0.15) is 0 Å². The summed E-state index contributed by atoms with van der Waals surface area (Å²) < 4.78 is 5.29. The zero-order valence-electron chi connectivity index (χ0n) is 19.3. The number of aliphatic hydroxyl groups is 1. The minimum absolute atomic E-state index is 0.0479. The van der Waals surface area contributed by atoms with E-state index in [1.807, 2.05) is 61.2 Å². The summed E-state index contributed by atoms with van der Waals surface area (Å²) in [5.41, 5.74) is 1.13. The van der Waals surface area contributed by atoms with Crippen molar-refractivity contribution >= 4 is 23.2 Å². The van der Waals surface area contributed by atoms with Crippen molar-refractivity contribution in [2.75, 3.05) is 0 Å². The molecule has 5 nitrogen and oxygen atoms in total. The largest absolute Gasteiger partial charge is 0.459 e. The predicted molar refractivity (Wildman–Crippen MR) is 128 cm³/mol. The minimum atomic E-state index is -0.404. The molecule has 1 aromatic carbocycles. The van der Waals surface area contributed by atoms with Crippen molar-refractivity contribution in [3.8, 4) is 0 Å². The fraction of sp³-hybridized carbons (Fsp3) is 0.538. The van der Waals surface area contributed by atoms with E-state index in [0.717, 1.165) is 29.7 Å². The van der Waals surface area contributed by atoms with E-state index in [0.29, 0.717) is 30.6 Å². The third kappa shape index (κ3) is 6.91. The van der Waals surface area contributed by atoms with Gasteiger partial charge in [-0.05, 0) is 70.6 Å². The Bertz CT molecular complexity index is 879. The average molecular weight is 458 g/mol. The first-order valence-corrected chi connectivity index (χ1v) is 12.5. The summed E-state index contributed by atoms with van der Waals surface area (Å²) in [6.07, 6.45) is 4.77. The average Bonchev–Trinajstić information content (AvgIpc) is 3.21. The summed E-state index contributed by atoms with van der Waals surface area (Å²) in [5, 5.41) is 10.5. The van der Waals surface area contributed by atoms with Gasteiger partial charge in [-0.15, -0.1) is 11.3 Å². The number of carbonyl (C=O) groups is 2. The second kappa shape index (κ2) is 11.6. The highest BCUT2D eigenvalue weighted by Crippen LogP contribution is 2.28. The van der Waals surface area contributed by atoms with Gasteiger partial charge in [0.25, 0.3) is 0 Å². The first-order chi connectivity index (χ1) is 15.3. The molecule has 1 amide bonds. The van der Waals surface area contributed by atoms with Gasteiger partial charge in [0.05, 0.1) is 12.2 Å². The third-order valence-electron chi connectivity index (χ3n) is 5.93. The number of ether oxygens (including phenoxy) is 1. The maximum atomic E-state index is 12.8. The molecule has 1 fully saturated rings. The lowest BCUT2D eigenvalue weighted by Gasteiger charge is -2.40. The molecular formula is C26H35NO4S. The molecule has 0 aliphatic carbocycles. The molecule has 3 atom stereocenters. The Morgan fingerprint density at radius 3 is 2.62 bits per heavy atom. The lowest BCUT2D eigenvalue weighted by molar-refractivity contribution is -0.139. The SMILES string of the molecule is CC(C)OC(=O)c1ccc(CC(C)N2C(=O)CCC[C@@H]2CC[C@H](O)Cc2ccccc2)s1. The standard InChI is InChI=1S/C26H35NO4S/c1-18(2)31-26(30)24-15-14-23(32-24)16-19(3)27-21(10-7-11-25(27)29)12-13-22(28)17-20-8-5-4-6-9-20/h4-6,8-9,14-15,18-19,21-22,28H,7,10-13,16-17H2,1-3H3/t19?,21-,22+/m1/s1. The Labute approximate surface area is 195 Å². The molecule has 0 bridgehead atoms. The van der Waals surface area contributed by atoms with E-state index >= 15 is 0 Å². The van der Waals surface area contributed by atoms with Crippen LogP contribution < -0.4 is 0 Å². The van der Waals surface area contributed by atoms with E-state index in [9.17, 15) is 14.7 Å². The lowest BCUT2D eigenvalue weighted by Crippen LogP contribution is -2.49. The maximum Gasteiger partial charge on any atom is 0.348 e. The first-order valence-electron chi connectivity index (χ1n) is 11.7. The van der Waals surface area contributed by atoms with Crippen LogP contribution >= 0.6 is 11.3 Å². The Kier molecular flexibility index (Phi) is 8.88. The number of hydrogen-bond donors (Lipinski definition) is 1. The molecule has 1 aromatic heterocycles. The fourth-order valence-electron chi connectivity index (χ4n) is 4.48. The van der Waals surface area contributed by atoms with Crippen LogP contribution in [0.3, 0.4) is 0 Å². The van der Waals surface area contributed by atoms with E-state index in [-0.39, 0.29) is 30.1 Å². The molecule has 2 aromatic rings. The van der Waals surface area contributed by atoms with Gasteiger partial charge in [0.1, 0.15) is 4.88 Å². The number of aliphatic hydroxyl groups excluding tert-OH is 1.